The van der Waals surface area contributed by atoms with Gasteiger partial charge in [0.1, 0.15) is 24.8 Å². The number of epoxide rings is 1. The van der Waals surface area contributed by atoms with Gasteiger partial charge in [-0.3, -0.25) is 0 Å². The van der Waals surface area contributed by atoms with Crippen molar-refractivity contribution in [1.82, 2.24) is 0 Å². The van der Waals surface area contributed by atoms with Gasteiger partial charge in [0.2, 0.25) is 11.5 Å². The lowest BCUT2D eigenvalue weighted by Gasteiger charge is -2.29. The monoisotopic (exact) mass is 798 g/mol. The van der Waals surface area contributed by atoms with Gasteiger partial charge in [0.25, 0.3) is 0 Å². The number of rotatable bonds is 21. The molecule has 3 unspecified atom stereocenters. The van der Waals surface area contributed by atoms with Crippen LogP contribution in [0.5, 0.6) is 34.5 Å². The van der Waals surface area contributed by atoms with Gasteiger partial charge in [-0.05, 0) is 83.3 Å². The van der Waals surface area contributed by atoms with Crippen LogP contribution in [0.2, 0.25) is 0 Å². The standard InChI is InChI=1S/C41H50O8S4/c1-41(2,28-17-33(43-3)38(34(18-28)44-4)47-21-30(42)25-52-23-26-9-13-31(50-7)14-10-26)29-19-35(45-5)39(36(20-29)46-6)48-22-37-40(49-37)53-24-27-11-15-32(51-8)16-12-27/h9-20,30,37,40,42H,21-25H2,1-8H3. The summed E-state index contributed by atoms with van der Waals surface area (Å²) in [5, 5.41) is 10.7. The van der Waals surface area contributed by atoms with Crippen LogP contribution in [0.25, 0.3) is 0 Å². The van der Waals surface area contributed by atoms with E-state index in [9.17, 15) is 5.11 Å². The summed E-state index contributed by atoms with van der Waals surface area (Å²) in [4.78, 5) is 2.49. The minimum atomic E-state index is -0.671. The maximum atomic E-state index is 10.7. The SMILES string of the molecule is COc1cc(C(C)(C)c2cc(OC)c(OCC3OC3SCc3ccc(SC)cc3)c(OC)c2)cc(OC)c1OCC(O)CSCc1ccc(SC)cc1. The van der Waals surface area contributed by atoms with Crippen molar-refractivity contribution >= 4 is 47.0 Å². The predicted octanol–water partition coefficient (Wildman–Crippen LogP) is 9.20. The third-order valence-corrected chi connectivity index (χ3v) is 12.9. The molecule has 1 saturated heterocycles. The van der Waals surface area contributed by atoms with Crippen molar-refractivity contribution in [2.45, 2.75) is 58.2 Å². The molecule has 0 radical (unpaired) electrons. The number of hydrogen-bond donors (Lipinski definition) is 1. The van der Waals surface area contributed by atoms with Gasteiger partial charge in [0.15, 0.2) is 23.0 Å². The number of ether oxygens (including phenoxy) is 7. The fourth-order valence-electron chi connectivity index (χ4n) is 5.65. The van der Waals surface area contributed by atoms with Crippen LogP contribution in [0.4, 0.5) is 0 Å². The lowest BCUT2D eigenvalue weighted by atomic mass is 9.77. The molecule has 1 fully saturated rings. The van der Waals surface area contributed by atoms with E-state index in [4.69, 9.17) is 33.2 Å². The minimum absolute atomic E-state index is 0.0145. The second-order valence-corrected chi connectivity index (χ2v) is 16.8. The topological polar surface area (TPSA) is 88.1 Å². The second kappa shape index (κ2) is 19.5. The molecule has 1 heterocycles. The summed E-state index contributed by atoms with van der Waals surface area (Å²) < 4.78 is 41.6. The molecular formula is C41H50O8S4. The zero-order valence-electron chi connectivity index (χ0n) is 31.6. The molecule has 1 aliphatic heterocycles. The number of methoxy groups -OCH3 is 4. The van der Waals surface area contributed by atoms with E-state index in [-0.39, 0.29) is 18.1 Å². The van der Waals surface area contributed by atoms with E-state index in [1.165, 1.54) is 20.9 Å². The summed E-state index contributed by atoms with van der Waals surface area (Å²) in [5.74, 6) is 5.34. The van der Waals surface area contributed by atoms with Crippen LogP contribution in [0, 0.1) is 0 Å². The van der Waals surface area contributed by atoms with Gasteiger partial charge in [-0.1, -0.05) is 38.1 Å². The van der Waals surface area contributed by atoms with Crippen LogP contribution < -0.4 is 28.4 Å². The van der Waals surface area contributed by atoms with E-state index in [0.29, 0.717) is 46.9 Å². The van der Waals surface area contributed by atoms with E-state index in [1.807, 2.05) is 24.3 Å². The molecule has 0 amide bonds. The van der Waals surface area contributed by atoms with Crippen LogP contribution >= 0.6 is 47.0 Å². The molecule has 4 aromatic carbocycles. The normalized spacial score (nSPS) is 15.8. The van der Waals surface area contributed by atoms with Crippen LogP contribution in [-0.4, -0.2) is 82.7 Å². The maximum Gasteiger partial charge on any atom is 0.203 e. The Morgan fingerprint density at radius 1 is 0.679 bits per heavy atom. The van der Waals surface area contributed by atoms with Crippen molar-refractivity contribution in [1.29, 1.82) is 0 Å². The predicted molar refractivity (Wildman–Crippen MR) is 221 cm³/mol. The van der Waals surface area contributed by atoms with E-state index < -0.39 is 11.5 Å². The summed E-state index contributed by atoms with van der Waals surface area (Å²) in [6.45, 7) is 4.70. The van der Waals surface area contributed by atoms with Gasteiger partial charge in [0, 0.05) is 32.5 Å². The first kappa shape index (κ1) is 41.2. The quantitative estimate of drug-likeness (QED) is 0.0645. The smallest absolute Gasteiger partial charge is 0.203 e. The molecule has 1 aliphatic rings. The Bertz CT molecular complexity index is 1650. The van der Waals surface area contributed by atoms with Crippen molar-refractivity contribution in [3.8, 4) is 34.5 Å². The lowest BCUT2D eigenvalue weighted by Crippen LogP contribution is -2.22. The van der Waals surface area contributed by atoms with Gasteiger partial charge in [-0.25, -0.2) is 0 Å². The molecule has 0 spiro atoms. The van der Waals surface area contributed by atoms with Gasteiger partial charge in [0.05, 0.1) is 34.5 Å². The first-order valence-electron chi connectivity index (χ1n) is 17.2. The van der Waals surface area contributed by atoms with Crippen LogP contribution in [0.3, 0.4) is 0 Å². The molecule has 4 aromatic rings. The molecule has 286 valence electrons. The Hall–Kier alpha value is -3.00. The number of thioether (sulfide) groups is 4. The first-order valence-corrected chi connectivity index (χ1v) is 21.9. The number of aliphatic hydroxyl groups excluding tert-OH is 1. The zero-order valence-corrected chi connectivity index (χ0v) is 34.9. The molecule has 0 aliphatic carbocycles. The molecule has 8 nitrogen and oxygen atoms in total. The second-order valence-electron chi connectivity index (χ2n) is 12.9. The summed E-state index contributed by atoms with van der Waals surface area (Å²) in [5.41, 5.74) is 3.90. The summed E-state index contributed by atoms with van der Waals surface area (Å²) in [6.07, 6.45) is 3.46. The molecule has 0 saturated carbocycles. The number of benzene rings is 4. The van der Waals surface area contributed by atoms with E-state index >= 15 is 0 Å². The fraction of sp³-hybridized carbons (Fsp3) is 0.415. The highest BCUT2D eigenvalue weighted by Gasteiger charge is 2.40. The third-order valence-electron chi connectivity index (χ3n) is 9.02. The Kier molecular flexibility index (Phi) is 15.2. The summed E-state index contributed by atoms with van der Waals surface area (Å²) in [6, 6.07) is 25.0. The van der Waals surface area contributed by atoms with Crippen LogP contribution in [-0.2, 0) is 21.7 Å². The zero-order chi connectivity index (χ0) is 38.0. The Morgan fingerprint density at radius 2 is 1.13 bits per heavy atom. The summed E-state index contributed by atoms with van der Waals surface area (Å²) in [7, 11) is 6.45. The lowest BCUT2D eigenvalue weighted by molar-refractivity contribution is 0.122. The van der Waals surface area contributed by atoms with Gasteiger partial charge in [-0.15, -0.1) is 35.3 Å². The van der Waals surface area contributed by atoms with E-state index in [2.05, 4.69) is 74.9 Å². The number of aliphatic hydroxyl groups is 1. The Morgan fingerprint density at radius 3 is 1.58 bits per heavy atom. The Balaban J connectivity index is 1.22. The highest BCUT2D eigenvalue weighted by Crippen LogP contribution is 2.47. The minimum Gasteiger partial charge on any atom is -0.493 e. The van der Waals surface area contributed by atoms with Crippen molar-refractivity contribution in [3.05, 3.63) is 95.1 Å². The molecule has 1 N–H and O–H groups in total. The number of hydrogen-bond acceptors (Lipinski definition) is 12. The highest BCUT2D eigenvalue weighted by molar-refractivity contribution is 7.99. The third kappa shape index (κ3) is 10.8. The average molecular weight is 799 g/mol. The van der Waals surface area contributed by atoms with Crippen molar-refractivity contribution in [2.75, 3.05) is 59.9 Å². The van der Waals surface area contributed by atoms with Crippen molar-refractivity contribution in [2.24, 2.45) is 0 Å². The molecular weight excluding hydrogens is 749 g/mol. The van der Waals surface area contributed by atoms with E-state index in [0.717, 1.165) is 22.6 Å². The summed E-state index contributed by atoms with van der Waals surface area (Å²) >= 11 is 6.91. The fourth-order valence-corrected chi connectivity index (χ4v) is 8.45. The van der Waals surface area contributed by atoms with Crippen LogP contribution in [0.15, 0.2) is 82.6 Å². The van der Waals surface area contributed by atoms with Crippen LogP contribution in [0.1, 0.15) is 36.1 Å². The highest BCUT2D eigenvalue weighted by atomic mass is 32.2. The average Bonchev–Trinajstić information content (AvgIpc) is 3.96. The molecule has 0 bridgehead atoms. The first-order chi connectivity index (χ1) is 25.6. The van der Waals surface area contributed by atoms with Gasteiger partial charge < -0.3 is 38.3 Å². The van der Waals surface area contributed by atoms with Gasteiger partial charge in [-0.2, -0.15) is 11.8 Å². The van der Waals surface area contributed by atoms with Crippen molar-refractivity contribution < 1.29 is 38.3 Å². The molecule has 0 aromatic heterocycles. The molecule has 3 atom stereocenters. The van der Waals surface area contributed by atoms with E-state index in [1.54, 1.807) is 75.5 Å². The largest absolute Gasteiger partial charge is 0.493 e. The maximum absolute atomic E-state index is 10.7. The van der Waals surface area contributed by atoms with Crippen molar-refractivity contribution in [3.63, 3.8) is 0 Å². The van der Waals surface area contributed by atoms with Gasteiger partial charge >= 0.3 is 0 Å². The molecule has 12 heteroatoms. The molecule has 5 rings (SSSR count). The Labute approximate surface area is 331 Å². The molecule has 53 heavy (non-hydrogen) atoms.